The lowest BCUT2D eigenvalue weighted by molar-refractivity contribution is -0.137. The van der Waals surface area contributed by atoms with E-state index < -0.39 is 0 Å². The third-order valence-electron chi connectivity index (χ3n) is 1.27. The Hall–Kier alpha value is -0.280. The minimum atomic E-state index is -0.196. The van der Waals surface area contributed by atoms with E-state index in [0.29, 0.717) is 18.4 Å². The van der Waals surface area contributed by atoms with Crippen LogP contribution < -0.4 is 5.48 Å². The molecule has 0 heterocycles. The molecule has 0 radical (unpaired) electrons. The van der Waals surface area contributed by atoms with Gasteiger partial charge in [0.05, 0.1) is 12.5 Å². The van der Waals surface area contributed by atoms with Crippen LogP contribution in [-0.4, -0.2) is 18.4 Å². The minimum Gasteiger partial charge on any atom is -0.273 e. The largest absolute Gasteiger partial charge is 0.273 e. The molecule has 0 saturated heterocycles. The van der Waals surface area contributed by atoms with E-state index in [1.165, 1.54) is 0 Å². The monoisotopic (exact) mass is 193 g/mol. The van der Waals surface area contributed by atoms with E-state index in [4.69, 9.17) is 16.4 Å². The molecule has 0 aromatic rings. The van der Waals surface area contributed by atoms with E-state index in [2.05, 4.69) is 5.48 Å². The molecule has 0 aliphatic heterocycles. The zero-order valence-electron chi connectivity index (χ0n) is 7.76. The smallest absolute Gasteiger partial charge is 0.247 e. The zero-order chi connectivity index (χ0) is 9.56. The fourth-order valence-electron chi connectivity index (χ4n) is 0.450. The van der Waals surface area contributed by atoms with E-state index in [1.807, 2.05) is 13.8 Å². The number of hydrogen-bond donors (Lipinski definition) is 1. The summed E-state index contributed by atoms with van der Waals surface area (Å²) in [5.74, 6) is 0.373. The molecule has 0 rings (SSSR count). The van der Waals surface area contributed by atoms with Crippen LogP contribution in [0, 0.1) is 11.8 Å². The van der Waals surface area contributed by atoms with Gasteiger partial charge in [-0.2, -0.15) is 0 Å². The molecule has 0 spiro atoms. The van der Waals surface area contributed by atoms with Crippen molar-refractivity contribution in [3.05, 3.63) is 0 Å². The number of alkyl halides is 1. The predicted octanol–water partition coefficient (Wildman–Crippen LogP) is 1.57. The van der Waals surface area contributed by atoms with Crippen molar-refractivity contribution in [3.63, 3.8) is 0 Å². The third kappa shape index (κ3) is 5.38. The summed E-state index contributed by atoms with van der Waals surface area (Å²) in [7, 11) is 0. The summed E-state index contributed by atoms with van der Waals surface area (Å²) >= 11 is 5.47. The second kappa shape index (κ2) is 6.26. The van der Waals surface area contributed by atoms with Gasteiger partial charge in [-0.25, -0.2) is 5.48 Å². The van der Waals surface area contributed by atoms with Gasteiger partial charge in [-0.1, -0.05) is 20.8 Å². The maximum Gasteiger partial charge on any atom is 0.247 e. The predicted molar refractivity (Wildman–Crippen MR) is 48.8 cm³/mol. The van der Waals surface area contributed by atoms with Crippen molar-refractivity contribution in [1.82, 2.24) is 5.48 Å². The normalized spacial score (nSPS) is 13.1. The molecule has 12 heavy (non-hydrogen) atoms. The van der Waals surface area contributed by atoms with E-state index in [-0.39, 0.29) is 11.8 Å². The molecule has 0 aromatic carbocycles. The van der Waals surface area contributed by atoms with Crippen molar-refractivity contribution < 1.29 is 9.63 Å². The zero-order valence-corrected chi connectivity index (χ0v) is 8.52. The molecule has 0 bridgehead atoms. The molecule has 0 fully saturated rings. The van der Waals surface area contributed by atoms with Gasteiger partial charge >= 0.3 is 0 Å². The van der Waals surface area contributed by atoms with Crippen molar-refractivity contribution in [1.29, 1.82) is 0 Å². The highest BCUT2D eigenvalue weighted by Gasteiger charge is 2.10. The van der Waals surface area contributed by atoms with Crippen molar-refractivity contribution in [2.75, 3.05) is 12.5 Å². The number of nitrogens with one attached hydrogen (secondary N) is 1. The first-order chi connectivity index (χ1) is 5.57. The van der Waals surface area contributed by atoms with Crippen LogP contribution in [0.4, 0.5) is 0 Å². The van der Waals surface area contributed by atoms with Gasteiger partial charge in [0.15, 0.2) is 0 Å². The molecular formula is C8H16ClNO2. The summed E-state index contributed by atoms with van der Waals surface area (Å²) < 4.78 is 0. The Bertz CT molecular complexity index is 139. The Morgan fingerprint density at radius 3 is 2.50 bits per heavy atom. The van der Waals surface area contributed by atoms with E-state index in [9.17, 15) is 4.79 Å². The van der Waals surface area contributed by atoms with Crippen LogP contribution in [0.25, 0.3) is 0 Å². The number of hydroxylamine groups is 1. The number of amides is 1. The van der Waals surface area contributed by atoms with Crippen LogP contribution in [0.1, 0.15) is 20.8 Å². The standard InChI is InChI=1S/C8H16ClNO2/c1-6(2)5-12-10-8(11)7(3)4-9/h6-7H,4-5H2,1-3H3,(H,10,11). The highest BCUT2D eigenvalue weighted by molar-refractivity contribution is 6.19. The van der Waals surface area contributed by atoms with Crippen molar-refractivity contribution >= 4 is 17.5 Å². The van der Waals surface area contributed by atoms with E-state index >= 15 is 0 Å². The Labute approximate surface area is 78.4 Å². The van der Waals surface area contributed by atoms with E-state index in [1.54, 1.807) is 6.92 Å². The molecule has 4 heteroatoms. The molecule has 72 valence electrons. The third-order valence-corrected chi connectivity index (χ3v) is 1.73. The van der Waals surface area contributed by atoms with Gasteiger partial charge in [-0.3, -0.25) is 9.63 Å². The maximum absolute atomic E-state index is 11.0. The second-order valence-electron chi connectivity index (χ2n) is 3.23. The molecule has 1 unspecified atom stereocenters. The van der Waals surface area contributed by atoms with Crippen LogP contribution in [0.15, 0.2) is 0 Å². The summed E-state index contributed by atoms with van der Waals surface area (Å²) in [6.45, 7) is 6.30. The first-order valence-electron chi connectivity index (χ1n) is 4.05. The summed E-state index contributed by atoms with van der Waals surface area (Å²) in [5.41, 5.74) is 2.34. The molecular weight excluding hydrogens is 178 g/mol. The van der Waals surface area contributed by atoms with Crippen LogP contribution in [0.5, 0.6) is 0 Å². The van der Waals surface area contributed by atoms with Gasteiger partial charge in [0.1, 0.15) is 0 Å². The van der Waals surface area contributed by atoms with Crippen molar-refractivity contribution in [2.24, 2.45) is 11.8 Å². The maximum atomic E-state index is 11.0. The molecule has 1 amide bonds. The first kappa shape index (κ1) is 11.7. The number of hydrogen-bond acceptors (Lipinski definition) is 2. The Morgan fingerprint density at radius 2 is 2.08 bits per heavy atom. The van der Waals surface area contributed by atoms with Crippen molar-refractivity contribution in [2.45, 2.75) is 20.8 Å². The fourth-order valence-corrected chi connectivity index (χ4v) is 0.590. The van der Waals surface area contributed by atoms with Gasteiger partial charge < -0.3 is 0 Å². The number of rotatable bonds is 5. The number of carbonyl (C=O) groups excluding carboxylic acids is 1. The molecule has 1 atom stereocenters. The van der Waals surface area contributed by atoms with Gasteiger partial charge in [0.2, 0.25) is 5.91 Å². The SMILES string of the molecule is CC(C)CONC(=O)C(C)CCl. The van der Waals surface area contributed by atoms with Gasteiger partial charge in [-0.15, -0.1) is 11.6 Å². The van der Waals surface area contributed by atoms with Crippen LogP contribution in [-0.2, 0) is 9.63 Å². The second-order valence-corrected chi connectivity index (χ2v) is 3.54. The summed E-state index contributed by atoms with van der Waals surface area (Å²) in [6, 6.07) is 0. The lowest BCUT2D eigenvalue weighted by Crippen LogP contribution is -2.31. The quantitative estimate of drug-likeness (QED) is 0.532. The Morgan fingerprint density at radius 1 is 1.50 bits per heavy atom. The van der Waals surface area contributed by atoms with Crippen molar-refractivity contribution in [3.8, 4) is 0 Å². The highest BCUT2D eigenvalue weighted by atomic mass is 35.5. The van der Waals surface area contributed by atoms with Crippen LogP contribution >= 0.6 is 11.6 Å². The molecule has 0 saturated carbocycles. The average Bonchev–Trinajstić information content (AvgIpc) is 2.02. The Balaban J connectivity index is 3.44. The van der Waals surface area contributed by atoms with Crippen LogP contribution in [0.2, 0.25) is 0 Å². The molecule has 3 nitrogen and oxygen atoms in total. The van der Waals surface area contributed by atoms with Gasteiger partial charge in [0, 0.05) is 5.88 Å². The van der Waals surface area contributed by atoms with Crippen LogP contribution in [0.3, 0.4) is 0 Å². The lowest BCUT2D eigenvalue weighted by atomic mass is 10.2. The average molecular weight is 194 g/mol. The number of halogens is 1. The molecule has 0 aromatic heterocycles. The molecule has 0 aliphatic rings. The lowest BCUT2D eigenvalue weighted by Gasteiger charge is -2.10. The highest BCUT2D eigenvalue weighted by Crippen LogP contribution is 1.97. The molecule has 0 aliphatic carbocycles. The summed E-state index contributed by atoms with van der Waals surface area (Å²) in [4.78, 5) is 16.0. The Kier molecular flexibility index (Phi) is 6.11. The summed E-state index contributed by atoms with van der Waals surface area (Å²) in [5, 5.41) is 0. The van der Waals surface area contributed by atoms with Gasteiger partial charge in [0.25, 0.3) is 0 Å². The topological polar surface area (TPSA) is 38.3 Å². The number of carbonyl (C=O) groups is 1. The van der Waals surface area contributed by atoms with Gasteiger partial charge in [-0.05, 0) is 5.92 Å². The minimum absolute atomic E-state index is 0.161. The van der Waals surface area contributed by atoms with E-state index in [0.717, 1.165) is 0 Å². The fraction of sp³-hybridized carbons (Fsp3) is 0.875. The molecule has 1 N–H and O–H groups in total. The summed E-state index contributed by atoms with van der Waals surface area (Å²) in [6.07, 6.45) is 0. The first-order valence-corrected chi connectivity index (χ1v) is 4.59.